The van der Waals surface area contributed by atoms with E-state index in [1.807, 2.05) is 31.2 Å². The number of pyridine rings is 1. The Hall–Kier alpha value is -2.89. The van der Waals surface area contributed by atoms with Gasteiger partial charge >= 0.3 is 0 Å². The van der Waals surface area contributed by atoms with Crippen molar-refractivity contribution in [3.8, 4) is 5.75 Å². The van der Waals surface area contributed by atoms with Crippen molar-refractivity contribution in [2.45, 2.75) is 25.8 Å². The number of ether oxygens (including phenoxy) is 1. The van der Waals surface area contributed by atoms with Crippen LogP contribution in [0.5, 0.6) is 5.75 Å². The summed E-state index contributed by atoms with van der Waals surface area (Å²) in [6.07, 6.45) is 4.87. The van der Waals surface area contributed by atoms with Crippen LogP contribution in [0.15, 0.2) is 48.8 Å². The summed E-state index contributed by atoms with van der Waals surface area (Å²) in [4.78, 5) is 29.7. The molecule has 0 unspecified atom stereocenters. The number of carbonyl (C=O) groups is 2. The molecule has 0 radical (unpaired) electrons. The number of nitrogens with zero attached hydrogens (tertiary/aromatic N) is 2. The van der Waals surface area contributed by atoms with E-state index in [2.05, 4.69) is 10.3 Å². The summed E-state index contributed by atoms with van der Waals surface area (Å²) >= 11 is 0. The third-order valence-electron chi connectivity index (χ3n) is 4.13. The first-order valence-corrected chi connectivity index (χ1v) is 8.36. The van der Waals surface area contributed by atoms with Crippen LogP contribution >= 0.6 is 0 Å². The van der Waals surface area contributed by atoms with E-state index >= 15 is 0 Å². The van der Waals surface area contributed by atoms with Crippen LogP contribution in [0, 0.1) is 0 Å². The Labute approximate surface area is 146 Å². The highest BCUT2D eigenvalue weighted by atomic mass is 16.5. The van der Waals surface area contributed by atoms with Gasteiger partial charge in [0.05, 0.1) is 6.04 Å². The average molecular weight is 339 g/mol. The predicted octanol–water partition coefficient (Wildman–Crippen LogP) is 2.46. The van der Waals surface area contributed by atoms with E-state index in [0.717, 1.165) is 24.2 Å². The maximum Gasteiger partial charge on any atom is 0.258 e. The number of carbonyl (C=O) groups excluding carboxylic acids is 2. The Morgan fingerprint density at radius 1 is 1.36 bits per heavy atom. The SMILES string of the molecule is C[C@H](NC(=O)COc1cccc(N2CCCC2=O)c1)c1cccnc1. The van der Waals surface area contributed by atoms with Gasteiger partial charge in [0.2, 0.25) is 5.91 Å². The van der Waals surface area contributed by atoms with E-state index in [9.17, 15) is 9.59 Å². The second-order valence-corrected chi connectivity index (χ2v) is 6.01. The van der Waals surface area contributed by atoms with Gasteiger partial charge < -0.3 is 15.0 Å². The number of benzene rings is 1. The first-order chi connectivity index (χ1) is 12.1. The molecule has 0 saturated carbocycles. The molecule has 6 heteroatoms. The van der Waals surface area contributed by atoms with Crippen LogP contribution in [-0.4, -0.2) is 29.9 Å². The molecule has 1 aliphatic heterocycles. The summed E-state index contributed by atoms with van der Waals surface area (Å²) < 4.78 is 5.57. The molecule has 130 valence electrons. The lowest BCUT2D eigenvalue weighted by atomic mass is 10.1. The molecule has 1 aliphatic rings. The fourth-order valence-corrected chi connectivity index (χ4v) is 2.81. The van der Waals surface area contributed by atoms with E-state index in [0.29, 0.717) is 12.2 Å². The molecule has 1 saturated heterocycles. The maximum atomic E-state index is 12.1. The van der Waals surface area contributed by atoms with Crippen LogP contribution in [0.1, 0.15) is 31.4 Å². The van der Waals surface area contributed by atoms with Crippen LogP contribution in [0.2, 0.25) is 0 Å². The Balaban J connectivity index is 1.54. The summed E-state index contributed by atoms with van der Waals surface area (Å²) in [5.41, 5.74) is 1.74. The van der Waals surface area contributed by atoms with E-state index in [1.54, 1.807) is 29.4 Å². The monoisotopic (exact) mass is 339 g/mol. The van der Waals surface area contributed by atoms with Crippen molar-refractivity contribution in [1.82, 2.24) is 10.3 Å². The molecule has 1 N–H and O–H groups in total. The van der Waals surface area contributed by atoms with Gasteiger partial charge in [0.15, 0.2) is 6.61 Å². The molecule has 25 heavy (non-hydrogen) atoms. The van der Waals surface area contributed by atoms with Gasteiger partial charge in [0.1, 0.15) is 5.75 Å². The lowest BCUT2D eigenvalue weighted by molar-refractivity contribution is -0.123. The third kappa shape index (κ3) is 4.35. The van der Waals surface area contributed by atoms with Gasteiger partial charge in [-0.1, -0.05) is 12.1 Å². The number of hydrogen-bond acceptors (Lipinski definition) is 4. The van der Waals surface area contributed by atoms with Gasteiger partial charge in [-0.15, -0.1) is 0 Å². The molecular weight excluding hydrogens is 318 g/mol. The smallest absolute Gasteiger partial charge is 0.258 e. The fraction of sp³-hybridized carbons (Fsp3) is 0.316. The molecule has 3 rings (SSSR count). The van der Waals surface area contributed by atoms with E-state index in [4.69, 9.17) is 4.74 Å². The third-order valence-corrected chi connectivity index (χ3v) is 4.13. The standard InChI is InChI=1S/C19H21N3O3/c1-14(15-5-3-9-20-12-15)21-18(23)13-25-17-7-2-6-16(11-17)22-10-4-8-19(22)24/h2-3,5-7,9,11-12,14H,4,8,10,13H2,1H3,(H,21,23)/t14-/m0/s1. The summed E-state index contributed by atoms with van der Waals surface area (Å²) in [5, 5.41) is 2.87. The minimum atomic E-state index is -0.209. The van der Waals surface area contributed by atoms with Gasteiger partial charge in [-0.3, -0.25) is 14.6 Å². The van der Waals surface area contributed by atoms with Crippen LogP contribution in [0.3, 0.4) is 0 Å². The molecule has 1 fully saturated rings. The number of amides is 2. The lowest BCUT2D eigenvalue weighted by Crippen LogP contribution is -2.31. The molecule has 2 aromatic rings. The van der Waals surface area contributed by atoms with Crippen molar-refractivity contribution in [3.05, 3.63) is 54.4 Å². The topological polar surface area (TPSA) is 71.5 Å². The normalized spacial score (nSPS) is 15.1. The Kier molecular flexibility index (Phi) is 5.28. The van der Waals surface area contributed by atoms with E-state index < -0.39 is 0 Å². The minimum absolute atomic E-state index is 0.0813. The molecule has 6 nitrogen and oxygen atoms in total. The van der Waals surface area contributed by atoms with Crippen molar-refractivity contribution >= 4 is 17.5 Å². The van der Waals surface area contributed by atoms with Crippen molar-refractivity contribution < 1.29 is 14.3 Å². The largest absolute Gasteiger partial charge is 0.484 e. The zero-order valence-electron chi connectivity index (χ0n) is 14.1. The highest BCUT2D eigenvalue weighted by molar-refractivity contribution is 5.95. The van der Waals surface area contributed by atoms with Crippen LogP contribution in [0.4, 0.5) is 5.69 Å². The van der Waals surface area contributed by atoms with Gasteiger partial charge in [-0.2, -0.15) is 0 Å². The molecular formula is C19H21N3O3. The zero-order chi connectivity index (χ0) is 17.6. The fourth-order valence-electron chi connectivity index (χ4n) is 2.81. The van der Waals surface area contributed by atoms with Crippen molar-refractivity contribution in [2.75, 3.05) is 18.1 Å². The minimum Gasteiger partial charge on any atom is -0.484 e. The number of rotatable bonds is 6. The second kappa shape index (κ2) is 7.79. The van der Waals surface area contributed by atoms with Crippen molar-refractivity contribution in [3.63, 3.8) is 0 Å². The number of anilines is 1. The highest BCUT2D eigenvalue weighted by Crippen LogP contribution is 2.25. The van der Waals surface area contributed by atoms with Crippen LogP contribution in [0.25, 0.3) is 0 Å². The van der Waals surface area contributed by atoms with Gasteiger partial charge in [0.25, 0.3) is 5.91 Å². The predicted molar refractivity (Wildman–Crippen MR) is 94.3 cm³/mol. The summed E-state index contributed by atoms with van der Waals surface area (Å²) in [5.74, 6) is 0.487. The zero-order valence-corrected chi connectivity index (χ0v) is 14.1. The molecule has 1 atom stereocenters. The quantitative estimate of drug-likeness (QED) is 0.877. The molecule has 0 spiro atoms. The summed E-state index contributed by atoms with van der Waals surface area (Å²) in [7, 11) is 0. The second-order valence-electron chi connectivity index (χ2n) is 6.01. The first kappa shape index (κ1) is 17.0. The highest BCUT2D eigenvalue weighted by Gasteiger charge is 2.21. The molecule has 2 amide bonds. The molecule has 1 aromatic carbocycles. The van der Waals surface area contributed by atoms with Gasteiger partial charge in [0, 0.05) is 37.1 Å². The lowest BCUT2D eigenvalue weighted by Gasteiger charge is -2.17. The Bertz CT molecular complexity index is 749. The van der Waals surface area contributed by atoms with Crippen molar-refractivity contribution in [1.29, 1.82) is 0 Å². The molecule has 0 aliphatic carbocycles. The Morgan fingerprint density at radius 2 is 2.24 bits per heavy atom. The van der Waals surface area contributed by atoms with Crippen LogP contribution < -0.4 is 15.0 Å². The average Bonchev–Trinajstić information content (AvgIpc) is 3.07. The number of hydrogen-bond donors (Lipinski definition) is 1. The van der Waals surface area contributed by atoms with Gasteiger partial charge in [-0.05, 0) is 37.1 Å². The number of nitrogens with one attached hydrogen (secondary N) is 1. The van der Waals surface area contributed by atoms with Gasteiger partial charge in [-0.25, -0.2) is 0 Å². The molecule has 2 heterocycles. The maximum absolute atomic E-state index is 12.1. The van der Waals surface area contributed by atoms with Crippen LogP contribution in [-0.2, 0) is 9.59 Å². The summed E-state index contributed by atoms with van der Waals surface area (Å²) in [6, 6.07) is 10.9. The number of aromatic nitrogens is 1. The Morgan fingerprint density at radius 3 is 2.96 bits per heavy atom. The van der Waals surface area contributed by atoms with Crippen molar-refractivity contribution in [2.24, 2.45) is 0 Å². The van der Waals surface area contributed by atoms with E-state index in [-0.39, 0.29) is 24.5 Å². The molecule has 1 aromatic heterocycles. The summed E-state index contributed by atoms with van der Waals surface area (Å²) in [6.45, 7) is 2.54. The van der Waals surface area contributed by atoms with E-state index in [1.165, 1.54) is 0 Å². The first-order valence-electron chi connectivity index (χ1n) is 8.36. The molecule has 0 bridgehead atoms.